The lowest BCUT2D eigenvalue weighted by atomic mass is 9.83. The summed E-state index contributed by atoms with van der Waals surface area (Å²) in [6, 6.07) is 4.63. The van der Waals surface area contributed by atoms with Crippen molar-refractivity contribution >= 4 is 17.3 Å². The second-order valence-corrected chi connectivity index (χ2v) is 8.97. The van der Waals surface area contributed by atoms with Crippen molar-refractivity contribution in [3.63, 3.8) is 0 Å². The van der Waals surface area contributed by atoms with Crippen molar-refractivity contribution in [1.82, 2.24) is 9.97 Å². The minimum Gasteiger partial charge on any atom is -0.383 e. The number of nitrogens with zero attached hydrogens (tertiary/aromatic N) is 2. The second kappa shape index (κ2) is 9.88. The van der Waals surface area contributed by atoms with Gasteiger partial charge in [-0.25, -0.2) is 0 Å². The van der Waals surface area contributed by atoms with E-state index in [1.807, 2.05) is 12.4 Å². The third-order valence-electron chi connectivity index (χ3n) is 6.20. The molecular formula is C23H31ClN4O. The van der Waals surface area contributed by atoms with Gasteiger partial charge in [-0.3, -0.25) is 9.97 Å². The van der Waals surface area contributed by atoms with E-state index in [0.29, 0.717) is 22.9 Å². The fourth-order valence-electron chi connectivity index (χ4n) is 4.42. The molecule has 1 unspecified atom stereocenters. The standard InChI is InChI=1S/C23H31ClN4O/c24-23-14-28-20(8-16-3-5-19(25)6-4-16)10-22(23)18-9-21(13-26-12-18)27-11-17-2-1-7-29-15-17/h9-10,12-14,16-17,19,27H,1-8,11,15,25H2. The van der Waals surface area contributed by atoms with Gasteiger partial charge in [0.05, 0.1) is 17.3 Å². The first-order valence-corrected chi connectivity index (χ1v) is 11.2. The Hall–Kier alpha value is -1.69. The molecule has 1 saturated heterocycles. The fourth-order valence-corrected chi connectivity index (χ4v) is 4.63. The molecule has 5 nitrogen and oxygen atoms in total. The van der Waals surface area contributed by atoms with Crippen LogP contribution in [-0.4, -0.2) is 35.8 Å². The number of nitrogens with two attached hydrogens (primary N) is 1. The maximum absolute atomic E-state index is 6.50. The summed E-state index contributed by atoms with van der Waals surface area (Å²) in [7, 11) is 0. The summed E-state index contributed by atoms with van der Waals surface area (Å²) < 4.78 is 5.57. The Balaban J connectivity index is 1.44. The summed E-state index contributed by atoms with van der Waals surface area (Å²) in [6.07, 6.45) is 13.5. The Labute approximate surface area is 178 Å². The third-order valence-corrected chi connectivity index (χ3v) is 6.50. The molecule has 156 valence electrons. The van der Waals surface area contributed by atoms with Crippen LogP contribution in [-0.2, 0) is 11.2 Å². The molecule has 2 fully saturated rings. The van der Waals surface area contributed by atoms with Crippen LogP contribution in [0.25, 0.3) is 11.1 Å². The van der Waals surface area contributed by atoms with Crippen molar-refractivity contribution in [3.05, 3.63) is 41.4 Å². The van der Waals surface area contributed by atoms with Crippen LogP contribution < -0.4 is 11.1 Å². The summed E-state index contributed by atoms with van der Waals surface area (Å²) in [5, 5.41) is 4.18. The predicted molar refractivity (Wildman–Crippen MR) is 118 cm³/mol. The molecule has 1 atom stereocenters. The lowest BCUT2D eigenvalue weighted by molar-refractivity contribution is 0.0595. The summed E-state index contributed by atoms with van der Waals surface area (Å²) in [5.74, 6) is 1.23. The van der Waals surface area contributed by atoms with Crippen LogP contribution in [0.5, 0.6) is 0 Å². The second-order valence-electron chi connectivity index (χ2n) is 8.57. The number of pyridine rings is 2. The van der Waals surface area contributed by atoms with Crippen LogP contribution in [0.1, 0.15) is 44.2 Å². The molecule has 3 N–H and O–H groups in total. The fraction of sp³-hybridized carbons (Fsp3) is 0.565. The topological polar surface area (TPSA) is 73.1 Å². The van der Waals surface area contributed by atoms with E-state index in [2.05, 4.69) is 27.4 Å². The van der Waals surface area contributed by atoms with E-state index in [4.69, 9.17) is 22.1 Å². The highest BCUT2D eigenvalue weighted by atomic mass is 35.5. The first-order chi connectivity index (χ1) is 14.2. The monoisotopic (exact) mass is 414 g/mol. The summed E-state index contributed by atoms with van der Waals surface area (Å²) >= 11 is 6.50. The minimum atomic E-state index is 0.376. The Bertz CT molecular complexity index is 801. The van der Waals surface area contributed by atoms with Gasteiger partial charge in [-0.1, -0.05) is 11.6 Å². The first-order valence-electron chi connectivity index (χ1n) is 10.8. The van der Waals surface area contributed by atoms with Crippen LogP contribution >= 0.6 is 11.6 Å². The van der Waals surface area contributed by atoms with Crippen molar-refractivity contribution in [2.24, 2.45) is 17.6 Å². The molecule has 0 radical (unpaired) electrons. The van der Waals surface area contributed by atoms with E-state index in [-0.39, 0.29) is 0 Å². The highest BCUT2D eigenvalue weighted by molar-refractivity contribution is 6.33. The Morgan fingerprint density at radius 1 is 1.07 bits per heavy atom. The molecule has 4 rings (SSSR count). The van der Waals surface area contributed by atoms with Gasteiger partial charge >= 0.3 is 0 Å². The molecular weight excluding hydrogens is 384 g/mol. The highest BCUT2D eigenvalue weighted by Crippen LogP contribution is 2.31. The zero-order valence-corrected chi connectivity index (χ0v) is 17.7. The van der Waals surface area contributed by atoms with Crippen molar-refractivity contribution in [2.45, 2.75) is 51.0 Å². The zero-order valence-electron chi connectivity index (χ0n) is 16.9. The third kappa shape index (κ3) is 5.68. The van der Waals surface area contributed by atoms with E-state index in [1.54, 1.807) is 6.20 Å². The normalized spacial score (nSPS) is 25.0. The number of hydrogen-bond donors (Lipinski definition) is 2. The molecule has 2 aromatic heterocycles. The summed E-state index contributed by atoms with van der Waals surface area (Å²) in [5.41, 5.74) is 10.2. The van der Waals surface area contributed by atoms with Gasteiger partial charge in [0, 0.05) is 54.6 Å². The lowest BCUT2D eigenvalue weighted by Gasteiger charge is -2.25. The number of nitrogens with one attached hydrogen (secondary N) is 1. The van der Waals surface area contributed by atoms with Gasteiger partial charge in [0.1, 0.15) is 0 Å². The van der Waals surface area contributed by atoms with Gasteiger partial charge in [-0.2, -0.15) is 0 Å². The van der Waals surface area contributed by atoms with Crippen molar-refractivity contribution in [2.75, 3.05) is 25.1 Å². The van der Waals surface area contributed by atoms with E-state index in [0.717, 1.165) is 68.0 Å². The molecule has 1 aliphatic heterocycles. The average Bonchev–Trinajstić information content (AvgIpc) is 2.76. The number of aromatic nitrogens is 2. The van der Waals surface area contributed by atoms with Crippen molar-refractivity contribution in [3.8, 4) is 11.1 Å². The quantitative estimate of drug-likeness (QED) is 0.716. The van der Waals surface area contributed by atoms with Crippen LogP contribution in [0.2, 0.25) is 5.02 Å². The lowest BCUT2D eigenvalue weighted by Crippen LogP contribution is -2.27. The van der Waals surface area contributed by atoms with Gasteiger partial charge in [-0.15, -0.1) is 0 Å². The molecule has 29 heavy (non-hydrogen) atoms. The number of ether oxygens (including phenoxy) is 1. The summed E-state index contributed by atoms with van der Waals surface area (Å²) in [6.45, 7) is 2.64. The van der Waals surface area contributed by atoms with Crippen molar-refractivity contribution < 1.29 is 4.74 Å². The molecule has 2 aliphatic rings. The molecule has 0 bridgehead atoms. The maximum Gasteiger partial charge on any atom is 0.0668 e. The molecule has 0 aromatic carbocycles. The Kier molecular flexibility index (Phi) is 7.01. The molecule has 0 amide bonds. The number of rotatable bonds is 6. The smallest absolute Gasteiger partial charge is 0.0668 e. The van der Waals surface area contributed by atoms with Gasteiger partial charge in [0.15, 0.2) is 0 Å². The average molecular weight is 415 g/mol. The number of halogens is 1. The van der Waals surface area contributed by atoms with Gasteiger partial charge < -0.3 is 15.8 Å². The highest BCUT2D eigenvalue weighted by Gasteiger charge is 2.20. The van der Waals surface area contributed by atoms with E-state index in [9.17, 15) is 0 Å². The molecule has 6 heteroatoms. The van der Waals surface area contributed by atoms with Crippen LogP contribution in [0.4, 0.5) is 5.69 Å². The Morgan fingerprint density at radius 2 is 1.93 bits per heavy atom. The molecule has 0 spiro atoms. The van der Waals surface area contributed by atoms with Crippen LogP contribution in [0.3, 0.4) is 0 Å². The minimum absolute atomic E-state index is 0.376. The molecule has 1 aliphatic carbocycles. The van der Waals surface area contributed by atoms with E-state index in [1.165, 1.54) is 19.3 Å². The van der Waals surface area contributed by atoms with Crippen molar-refractivity contribution in [1.29, 1.82) is 0 Å². The Morgan fingerprint density at radius 3 is 2.72 bits per heavy atom. The summed E-state index contributed by atoms with van der Waals surface area (Å²) in [4.78, 5) is 9.02. The molecule has 1 saturated carbocycles. The van der Waals surface area contributed by atoms with E-state index < -0.39 is 0 Å². The first kappa shape index (κ1) is 20.6. The molecule has 2 aromatic rings. The predicted octanol–water partition coefficient (Wildman–Crippen LogP) is 4.70. The number of anilines is 1. The van der Waals surface area contributed by atoms with Crippen LogP contribution in [0.15, 0.2) is 30.7 Å². The van der Waals surface area contributed by atoms with Gasteiger partial charge in [0.25, 0.3) is 0 Å². The molecule has 3 heterocycles. The number of hydrogen-bond acceptors (Lipinski definition) is 5. The maximum atomic E-state index is 6.50. The zero-order chi connectivity index (χ0) is 20.1. The largest absolute Gasteiger partial charge is 0.383 e. The van der Waals surface area contributed by atoms with Gasteiger partial charge in [0.2, 0.25) is 0 Å². The van der Waals surface area contributed by atoms with E-state index >= 15 is 0 Å². The van der Waals surface area contributed by atoms with Gasteiger partial charge in [-0.05, 0) is 68.9 Å². The SMILES string of the molecule is NC1CCC(Cc2cc(-c3cncc(NCC4CCCOC4)c3)c(Cl)cn2)CC1. The van der Waals surface area contributed by atoms with Crippen LogP contribution in [0, 0.1) is 11.8 Å².